The van der Waals surface area contributed by atoms with Crippen LogP contribution in [0.1, 0.15) is 0 Å². The first kappa shape index (κ1) is 26.3. The number of nitrogens with zero attached hydrogens (tertiary/aromatic N) is 1. The van der Waals surface area contributed by atoms with Crippen molar-refractivity contribution in [2.45, 2.75) is 0 Å². The van der Waals surface area contributed by atoms with E-state index in [4.69, 9.17) is 4.42 Å². The fraction of sp³-hybridized carbons (Fsp3) is 0. The minimum Gasteiger partial charge on any atom is -0.455 e. The van der Waals surface area contributed by atoms with Gasteiger partial charge in [0.15, 0.2) is 0 Å². The Labute approximate surface area is 275 Å². The van der Waals surface area contributed by atoms with Crippen LogP contribution in [0.15, 0.2) is 168 Å². The minimum atomic E-state index is 0.903. The van der Waals surface area contributed by atoms with Crippen LogP contribution >= 0.6 is 11.3 Å². The van der Waals surface area contributed by atoms with Crippen molar-refractivity contribution < 1.29 is 4.42 Å². The average Bonchev–Trinajstić information content (AvgIpc) is 3.72. The maximum atomic E-state index is 6.56. The molecule has 0 amide bonds. The number of hydrogen-bond acceptors (Lipinski definition) is 3. The molecule has 0 saturated heterocycles. The zero-order valence-electron chi connectivity index (χ0n) is 25.4. The first-order valence-corrected chi connectivity index (χ1v) is 16.7. The molecule has 0 bridgehead atoms. The summed E-state index contributed by atoms with van der Waals surface area (Å²) in [6.45, 7) is 0. The molecule has 0 fully saturated rings. The van der Waals surface area contributed by atoms with E-state index in [9.17, 15) is 0 Å². The van der Waals surface area contributed by atoms with E-state index in [1.54, 1.807) is 0 Å². The highest BCUT2D eigenvalue weighted by molar-refractivity contribution is 7.26. The van der Waals surface area contributed by atoms with Gasteiger partial charge in [-0.25, -0.2) is 0 Å². The van der Waals surface area contributed by atoms with Crippen LogP contribution in [-0.2, 0) is 0 Å². The molecule has 10 rings (SSSR count). The molecule has 0 spiro atoms. The standard InChI is InChI=1S/C44H27NOS/c1-3-16-32-28(11-1)13-8-21-38(32)45(39-22-9-20-36-35-18-5-6-24-41(35)47-44(36)39)31-15-7-14-30(27-31)33-19-10-23-40-42(33)37-26-25-29-12-2-4-17-34(29)43(37)46-40/h1-27H. The molecule has 220 valence electrons. The molecule has 3 heteroatoms. The van der Waals surface area contributed by atoms with Crippen molar-refractivity contribution >= 4 is 92.1 Å². The molecule has 8 aromatic carbocycles. The van der Waals surface area contributed by atoms with Gasteiger partial charge < -0.3 is 9.32 Å². The summed E-state index contributed by atoms with van der Waals surface area (Å²) in [4.78, 5) is 2.45. The van der Waals surface area contributed by atoms with E-state index in [2.05, 4.69) is 169 Å². The lowest BCUT2D eigenvalue weighted by Crippen LogP contribution is -2.10. The van der Waals surface area contributed by atoms with Gasteiger partial charge in [0.1, 0.15) is 11.2 Å². The third-order valence-corrected chi connectivity index (χ3v) is 10.6. The van der Waals surface area contributed by atoms with Gasteiger partial charge in [-0.15, -0.1) is 11.3 Å². The summed E-state index contributed by atoms with van der Waals surface area (Å²) in [6, 6.07) is 59.0. The Kier molecular flexibility index (Phi) is 5.78. The number of thiophene rings is 1. The summed E-state index contributed by atoms with van der Waals surface area (Å²) in [5.74, 6) is 0. The normalized spacial score (nSPS) is 11.8. The van der Waals surface area contributed by atoms with Gasteiger partial charge in [0, 0.05) is 42.7 Å². The van der Waals surface area contributed by atoms with Gasteiger partial charge in [0.25, 0.3) is 0 Å². The topological polar surface area (TPSA) is 16.4 Å². The molecule has 47 heavy (non-hydrogen) atoms. The van der Waals surface area contributed by atoms with Gasteiger partial charge in [0.05, 0.1) is 16.1 Å². The van der Waals surface area contributed by atoms with Crippen LogP contribution in [0.2, 0.25) is 0 Å². The number of furan rings is 1. The quantitative estimate of drug-likeness (QED) is 0.195. The monoisotopic (exact) mass is 617 g/mol. The van der Waals surface area contributed by atoms with E-state index in [1.165, 1.54) is 42.0 Å². The molecule has 0 saturated carbocycles. The highest BCUT2D eigenvalue weighted by Crippen LogP contribution is 2.47. The molecule has 0 atom stereocenters. The molecule has 0 aliphatic rings. The first-order valence-electron chi connectivity index (χ1n) is 15.9. The summed E-state index contributed by atoms with van der Waals surface area (Å²) in [5, 5.41) is 9.63. The number of rotatable bonds is 4. The maximum absolute atomic E-state index is 6.56. The molecular formula is C44H27NOS. The van der Waals surface area contributed by atoms with E-state index >= 15 is 0 Å². The Bertz CT molecular complexity index is 2820. The summed E-state index contributed by atoms with van der Waals surface area (Å²) in [7, 11) is 0. The number of benzene rings is 8. The summed E-state index contributed by atoms with van der Waals surface area (Å²) in [5.41, 5.74) is 7.60. The van der Waals surface area contributed by atoms with Gasteiger partial charge in [-0.3, -0.25) is 0 Å². The van der Waals surface area contributed by atoms with E-state index < -0.39 is 0 Å². The van der Waals surface area contributed by atoms with Gasteiger partial charge in [-0.05, 0) is 64.4 Å². The predicted octanol–water partition coefficient (Wildman–Crippen LogP) is 13.4. The Balaban J connectivity index is 1.24. The Morgan fingerprint density at radius 3 is 2.06 bits per heavy atom. The van der Waals surface area contributed by atoms with Gasteiger partial charge in [-0.2, -0.15) is 0 Å². The van der Waals surface area contributed by atoms with E-state index in [0.29, 0.717) is 0 Å². The third-order valence-electron chi connectivity index (χ3n) is 9.43. The zero-order chi connectivity index (χ0) is 30.9. The second kappa shape index (κ2) is 10.3. The summed E-state index contributed by atoms with van der Waals surface area (Å²) in [6.07, 6.45) is 0. The number of anilines is 3. The second-order valence-electron chi connectivity index (χ2n) is 12.1. The van der Waals surface area contributed by atoms with E-state index in [-0.39, 0.29) is 0 Å². The van der Waals surface area contributed by atoms with Crippen molar-refractivity contribution in [1.29, 1.82) is 0 Å². The molecule has 0 aliphatic carbocycles. The van der Waals surface area contributed by atoms with Crippen LogP contribution in [-0.4, -0.2) is 0 Å². The Morgan fingerprint density at radius 2 is 1.15 bits per heavy atom. The summed E-state index contributed by atoms with van der Waals surface area (Å²) < 4.78 is 9.14. The minimum absolute atomic E-state index is 0.903. The largest absolute Gasteiger partial charge is 0.455 e. The van der Waals surface area contributed by atoms with Gasteiger partial charge >= 0.3 is 0 Å². The van der Waals surface area contributed by atoms with Crippen LogP contribution in [0, 0.1) is 0 Å². The Hall–Kier alpha value is -5.90. The first-order chi connectivity index (χ1) is 23.3. The van der Waals surface area contributed by atoms with Crippen LogP contribution < -0.4 is 4.90 Å². The zero-order valence-corrected chi connectivity index (χ0v) is 26.2. The predicted molar refractivity (Wildman–Crippen MR) is 202 cm³/mol. The second-order valence-corrected chi connectivity index (χ2v) is 13.1. The molecule has 0 aliphatic heterocycles. The van der Waals surface area contributed by atoms with Crippen LogP contribution in [0.4, 0.5) is 17.1 Å². The maximum Gasteiger partial charge on any atom is 0.143 e. The van der Waals surface area contributed by atoms with Crippen molar-refractivity contribution in [1.82, 2.24) is 0 Å². The lowest BCUT2D eigenvalue weighted by atomic mass is 9.97. The molecule has 0 radical (unpaired) electrons. The highest BCUT2D eigenvalue weighted by atomic mass is 32.1. The molecule has 10 aromatic rings. The van der Waals surface area contributed by atoms with Crippen molar-refractivity contribution in [2.24, 2.45) is 0 Å². The van der Waals surface area contributed by atoms with Gasteiger partial charge in [-0.1, -0.05) is 121 Å². The lowest BCUT2D eigenvalue weighted by molar-refractivity contribution is 0.673. The van der Waals surface area contributed by atoms with Crippen LogP contribution in [0.25, 0.3) is 74.8 Å². The molecule has 0 N–H and O–H groups in total. The smallest absolute Gasteiger partial charge is 0.143 e. The average molecular weight is 618 g/mol. The molecule has 2 heterocycles. The van der Waals surface area contributed by atoms with Crippen molar-refractivity contribution in [3.8, 4) is 11.1 Å². The third kappa shape index (κ3) is 4.04. The van der Waals surface area contributed by atoms with Crippen molar-refractivity contribution in [3.63, 3.8) is 0 Å². The van der Waals surface area contributed by atoms with Crippen molar-refractivity contribution in [2.75, 3.05) is 4.90 Å². The van der Waals surface area contributed by atoms with Gasteiger partial charge in [0.2, 0.25) is 0 Å². The van der Waals surface area contributed by atoms with Crippen LogP contribution in [0.5, 0.6) is 0 Å². The fourth-order valence-corrected chi connectivity index (χ4v) is 8.53. The molecule has 0 unspecified atom stereocenters. The van der Waals surface area contributed by atoms with E-state index in [1.807, 2.05) is 11.3 Å². The molecule has 2 nitrogen and oxygen atoms in total. The highest BCUT2D eigenvalue weighted by Gasteiger charge is 2.21. The lowest BCUT2D eigenvalue weighted by Gasteiger charge is -2.28. The number of fused-ring (bicyclic) bond motifs is 9. The fourth-order valence-electron chi connectivity index (χ4n) is 7.33. The molecule has 2 aromatic heterocycles. The van der Waals surface area contributed by atoms with Crippen LogP contribution in [0.3, 0.4) is 0 Å². The van der Waals surface area contributed by atoms with Crippen molar-refractivity contribution in [3.05, 3.63) is 164 Å². The summed E-state index contributed by atoms with van der Waals surface area (Å²) >= 11 is 1.86. The number of hydrogen-bond donors (Lipinski definition) is 0. The molecular weight excluding hydrogens is 591 g/mol. The SMILES string of the molecule is c1cc(-c2cccc3oc4c5ccccc5ccc4c23)cc(N(c2cccc3ccccc23)c2cccc3c2sc2ccccc23)c1. The van der Waals surface area contributed by atoms with E-state index in [0.717, 1.165) is 49.8 Å². The Morgan fingerprint density at radius 1 is 0.468 bits per heavy atom.